The second-order valence-electron chi connectivity index (χ2n) is 11.4. The molecule has 236 valence electrons. The van der Waals surface area contributed by atoms with Crippen LogP contribution < -0.4 is 30.9 Å². The Morgan fingerprint density at radius 1 is 0.930 bits per heavy atom. The summed E-state index contributed by atoms with van der Waals surface area (Å²) in [6, 6.07) is 10.8. The van der Waals surface area contributed by atoms with Crippen LogP contribution in [0.5, 0.6) is 0 Å². The van der Waals surface area contributed by atoms with Crippen molar-refractivity contribution >= 4 is 51.9 Å². The Kier molecular flexibility index (Phi) is 13.6. The number of amides is 4. The van der Waals surface area contributed by atoms with E-state index < -0.39 is 28.8 Å². The molecule has 0 saturated heterocycles. The lowest BCUT2D eigenvalue weighted by Crippen LogP contribution is -2.47. The summed E-state index contributed by atoms with van der Waals surface area (Å²) >= 11 is 6.09. The first-order chi connectivity index (χ1) is 20.1. The van der Waals surface area contributed by atoms with Crippen LogP contribution in [0.2, 0.25) is 5.02 Å². The van der Waals surface area contributed by atoms with Crippen molar-refractivity contribution in [3.05, 3.63) is 64.2 Å². The zero-order chi connectivity index (χ0) is 32.3. The van der Waals surface area contributed by atoms with E-state index in [-0.39, 0.29) is 54.0 Å². The van der Waals surface area contributed by atoms with Crippen molar-refractivity contribution in [2.45, 2.75) is 46.7 Å². The highest BCUT2D eigenvalue weighted by atomic mass is 35.5. The van der Waals surface area contributed by atoms with Gasteiger partial charge in [0.1, 0.15) is 11.0 Å². The van der Waals surface area contributed by atoms with Gasteiger partial charge in [-0.05, 0) is 55.2 Å². The zero-order valence-corrected chi connectivity index (χ0v) is 27.4. The standard InChI is InChI=1S/C30H43ClN6O5S/c1-19(21-9-8-10-24(31)14-21)36-29(41)23-13-22(15-25(16-23)37(6)43(7)42)28(40)33-12-11-32-20(2)27(39)34-17-26(38)35-18-30(3,4)5/h8-10,13-16,19-20,32H,11-12,17-18H2,1-7H3,(H,33,40)(H,34,39)(H,35,38)(H,36,41)/t19-,20?,43?/m1/s1. The van der Waals surface area contributed by atoms with E-state index in [0.717, 1.165) is 5.56 Å². The summed E-state index contributed by atoms with van der Waals surface area (Å²) < 4.78 is 13.6. The minimum atomic E-state index is -1.39. The van der Waals surface area contributed by atoms with Crippen LogP contribution in [0.3, 0.4) is 0 Å². The van der Waals surface area contributed by atoms with Crippen LogP contribution in [-0.4, -0.2) is 73.4 Å². The number of nitrogens with zero attached hydrogens (tertiary/aromatic N) is 1. The van der Waals surface area contributed by atoms with Gasteiger partial charge < -0.3 is 26.6 Å². The van der Waals surface area contributed by atoms with E-state index in [1.165, 1.54) is 16.6 Å². The molecule has 2 aromatic rings. The van der Waals surface area contributed by atoms with E-state index in [1.54, 1.807) is 44.3 Å². The average Bonchev–Trinajstić information content (AvgIpc) is 2.95. The number of halogens is 1. The predicted molar refractivity (Wildman–Crippen MR) is 172 cm³/mol. The van der Waals surface area contributed by atoms with Crippen molar-refractivity contribution in [1.82, 2.24) is 26.6 Å². The van der Waals surface area contributed by atoms with Crippen LogP contribution >= 0.6 is 11.6 Å². The summed E-state index contributed by atoms with van der Waals surface area (Å²) in [5, 5.41) is 14.6. The summed E-state index contributed by atoms with van der Waals surface area (Å²) in [7, 11) is 0.213. The first-order valence-electron chi connectivity index (χ1n) is 13.9. The summed E-state index contributed by atoms with van der Waals surface area (Å²) in [4.78, 5) is 50.5. The van der Waals surface area contributed by atoms with Gasteiger partial charge in [0, 0.05) is 49.1 Å². The molecule has 0 radical (unpaired) electrons. The zero-order valence-electron chi connectivity index (χ0n) is 25.8. The molecule has 0 spiro atoms. The molecule has 0 aliphatic heterocycles. The number of nitrogens with one attached hydrogen (secondary N) is 5. The van der Waals surface area contributed by atoms with Gasteiger partial charge >= 0.3 is 0 Å². The Balaban J connectivity index is 1.98. The minimum Gasteiger partial charge on any atom is -0.354 e. The van der Waals surface area contributed by atoms with Crippen molar-refractivity contribution in [2.24, 2.45) is 5.41 Å². The third kappa shape index (κ3) is 12.3. The molecule has 11 nitrogen and oxygen atoms in total. The SMILES string of the molecule is CC(NCCNC(=O)c1cc(C(=O)N[C@H](C)c2cccc(Cl)c2)cc(N(C)S(C)=O)c1)C(=O)NCC(=O)NCC(C)(C)C. The number of benzene rings is 2. The second kappa shape index (κ2) is 16.4. The van der Waals surface area contributed by atoms with Crippen LogP contribution in [0.25, 0.3) is 0 Å². The van der Waals surface area contributed by atoms with Gasteiger partial charge in [0.25, 0.3) is 11.8 Å². The van der Waals surface area contributed by atoms with Gasteiger partial charge in [-0.2, -0.15) is 0 Å². The van der Waals surface area contributed by atoms with E-state index >= 15 is 0 Å². The van der Waals surface area contributed by atoms with Crippen molar-refractivity contribution in [1.29, 1.82) is 0 Å². The smallest absolute Gasteiger partial charge is 0.251 e. The molecule has 13 heteroatoms. The summed E-state index contributed by atoms with van der Waals surface area (Å²) in [6.45, 7) is 10.3. The van der Waals surface area contributed by atoms with E-state index in [0.29, 0.717) is 17.3 Å². The molecule has 2 aromatic carbocycles. The Morgan fingerprint density at radius 2 is 1.58 bits per heavy atom. The van der Waals surface area contributed by atoms with Gasteiger partial charge in [-0.1, -0.05) is 44.5 Å². The molecule has 2 rings (SSSR count). The van der Waals surface area contributed by atoms with E-state index in [9.17, 15) is 23.4 Å². The first kappa shape index (κ1) is 35.7. The lowest BCUT2D eigenvalue weighted by molar-refractivity contribution is -0.127. The fourth-order valence-corrected chi connectivity index (χ4v) is 4.35. The third-order valence-electron chi connectivity index (χ3n) is 6.38. The lowest BCUT2D eigenvalue weighted by Gasteiger charge is -2.20. The Morgan fingerprint density at radius 3 is 2.19 bits per heavy atom. The number of hydrogen-bond acceptors (Lipinski definition) is 6. The Hall–Kier alpha value is -3.48. The highest BCUT2D eigenvalue weighted by molar-refractivity contribution is 7.85. The van der Waals surface area contributed by atoms with Crippen molar-refractivity contribution < 1.29 is 23.4 Å². The maximum absolute atomic E-state index is 13.2. The van der Waals surface area contributed by atoms with Gasteiger partial charge in [-0.15, -0.1) is 0 Å². The Labute approximate surface area is 261 Å². The van der Waals surface area contributed by atoms with E-state index in [1.807, 2.05) is 33.8 Å². The predicted octanol–water partition coefficient (Wildman–Crippen LogP) is 2.55. The van der Waals surface area contributed by atoms with Gasteiger partial charge in [-0.25, -0.2) is 4.21 Å². The van der Waals surface area contributed by atoms with Crippen LogP contribution in [0.1, 0.15) is 66.9 Å². The monoisotopic (exact) mass is 634 g/mol. The maximum Gasteiger partial charge on any atom is 0.251 e. The number of carbonyl (C=O) groups is 4. The van der Waals surface area contributed by atoms with Crippen LogP contribution in [0, 0.1) is 5.41 Å². The molecule has 2 unspecified atom stereocenters. The molecule has 0 heterocycles. The fourth-order valence-electron chi connectivity index (χ4n) is 3.75. The number of rotatable bonds is 14. The molecular weight excluding hydrogens is 592 g/mol. The van der Waals surface area contributed by atoms with Crippen molar-refractivity contribution in [3.8, 4) is 0 Å². The normalized spacial score (nSPS) is 13.3. The molecule has 0 saturated carbocycles. The molecule has 0 bridgehead atoms. The molecule has 0 aliphatic carbocycles. The number of anilines is 1. The largest absolute Gasteiger partial charge is 0.354 e. The molecule has 0 aliphatic rings. The Bertz CT molecular complexity index is 1330. The molecule has 4 amide bonds. The quantitative estimate of drug-likeness (QED) is 0.202. The fraction of sp³-hybridized carbons (Fsp3) is 0.467. The summed E-state index contributed by atoms with van der Waals surface area (Å²) in [6.07, 6.45) is 1.50. The van der Waals surface area contributed by atoms with Gasteiger partial charge in [0.05, 0.1) is 24.3 Å². The van der Waals surface area contributed by atoms with Gasteiger partial charge in [0.2, 0.25) is 11.8 Å². The van der Waals surface area contributed by atoms with Crippen LogP contribution in [0.15, 0.2) is 42.5 Å². The van der Waals surface area contributed by atoms with Gasteiger partial charge in [0.15, 0.2) is 0 Å². The molecule has 0 fully saturated rings. The average molecular weight is 635 g/mol. The number of carbonyl (C=O) groups excluding carboxylic acids is 4. The highest BCUT2D eigenvalue weighted by Gasteiger charge is 2.19. The molecule has 3 atom stereocenters. The molecule has 5 N–H and O–H groups in total. The van der Waals surface area contributed by atoms with Crippen molar-refractivity contribution in [2.75, 3.05) is 43.8 Å². The topological polar surface area (TPSA) is 149 Å². The first-order valence-corrected chi connectivity index (χ1v) is 15.8. The summed E-state index contributed by atoms with van der Waals surface area (Å²) in [5.41, 5.74) is 1.63. The van der Waals surface area contributed by atoms with Crippen molar-refractivity contribution in [3.63, 3.8) is 0 Å². The van der Waals surface area contributed by atoms with Crippen LogP contribution in [-0.2, 0) is 20.6 Å². The lowest BCUT2D eigenvalue weighted by atomic mass is 9.97. The highest BCUT2D eigenvalue weighted by Crippen LogP contribution is 2.22. The van der Waals surface area contributed by atoms with E-state index in [4.69, 9.17) is 11.6 Å². The third-order valence-corrected chi connectivity index (χ3v) is 7.60. The summed E-state index contributed by atoms with van der Waals surface area (Å²) in [5.74, 6) is -1.46. The van der Waals surface area contributed by atoms with E-state index in [2.05, 4.69) is 26.6 Å². The maximum atomic E-state index is 13.2. The molecular formula is C30H43ClN6O5S. The minimum absolute atomic E-state index is 0.0603. The van der Waals surface area contributed by atoms with Crippen LogP contribution in [0.4, 0.5) is 5.69 Å². The molecule has 0 aromatic heterocycles. The molecule has 43 heavy (non-hydrogen) atoms. The number of hydrogen-bond donors (Lipinski definition) is 5. The van der Waals surface area contributed by atoms with Gasteiger partial charge in [-0.3, -0.25) is 23.5 Å². The second-order valence-corrected chi connectivity index (χ2v) is 13.3.